The smallest absolute Gasteiger partial charge is 0.0701 e. The molecule has 0 aromatic carbocycles. The number of rotatable bonds is 4. The van der Waals surface area contributed by atoms with Gasteiger partial charge < -0.3 is 9.47 Å². The van der Waals surface area contributed by atoms with E-state index in [1.165, 1.54) is 0 Å². The number of ether oxygens (including phenoxy) is 2. The van der Waals surface area contributed by atoms with Gasteiger partial charge >= 0.3 is 0 Å². The summed E-state index contributed by atoms with van der Waals surface area (Å²) in [6.07, 6.45) is 3.68. The van der Waals surface area contributed by atoms with Gasteiger partial charge in [-0.1, -0.05) is 18.2 Å². The second-order valence-electron chi connectivity index (χ2n) is 7.91. The minimum atomic E-state index is 0.601. The zero-order valence-electron chi connectivity index (χ0n) is 18.5. The molecule has 0 spiro atoms. The van der Waals surface area contributed by atoms with E-state index >= 15 is 0 Å². The van der Waals surface area contributed by atoms with Gasteiger partial charge in [0.05, 0.1) is 49.2 Å². The van der Waals surface area contributed by atoms with Crippen molar-refractivity contribution >= 4 is 0 Å². The van der Waals surface area contributed by atoms with E-state index in [9.17, 15) is 0 Å². The Morgan fingerprint density at radius 1 is 0.625 bits per heavy atom. The lowest BCUT2D eigenvalue weighted by Crippen LogP contribution is -2.28. The van der Waals surface area contributed by atoms with Crippen molar-refractivity contribution in [1.29, 1.82) is 0 Å². The minimum absolute atomic E-state index is 0.601. The molecule has 0 aliphatic carbocycles. The molecule has 0 fully saturated rings. The third-order valence-electron chi connectivity index (χ3n) is 5.33. The summed E-state index contributed by atoms with van der Waals surface area (Å²) in [5.74, 6) is 0. The summed E-state index contributed by atoms with van der Waals surface area (Å²) >= 11 is 0. The number of aromatic nitrogens is 3. The predicted octanol–water partition coefficient (Wildman–Crippen LogP) is 2.92. The van der Waals surface area contributed by atoms with E-state index in [0.717, 1.165) is 62.0 Å². The Morgan fingerprint density at radius 3 is 1.62 bits per heavy atom. The molecule has 7 nitrogen and oxygen atoms in total. The molecule has 1 aliphatic heterocycles. The molecule has 0 saturated heterocycles. The standard InChI is InChI=1S/C25H31N5O2/c1-3-10-26-22(6-1)18-29-12-14-31-16-17-32-15-13-30(19-23-7-2-4-11-27-23)21-25-9-5-8-24(20-29)28-25/h1-11H,12-21H2. The van der Waals surface area contributed by atoms with Crippen molar-refractivity contribution in [3.63, 3.8) is 0 Å². The van der Waals surface area contributed by atoms with Crippen LogP contribution in [0.1, 0.15) is 22.8 Å². The number of pyridine rings is 3. The van der Waals surface area contributed by atoms with Crippen LogP contribution >= 0.6 is 0 Å². The van der Waals surface area contributed by atoms with Gasteiger partial charge in [0.2, 0.25) is 0 Å². The van der Waals surface area contributed by atoms with Gasteiger partial charge in [-0.3, -0.25) is 24.8 Å². The fourth-order valence-electron chi connectivity index (χ4n) is 3.74. The molecule has 0 amide bonds. The number of fused-ring (bicyclic) bond motifs is 2. The molecule has 3 aromatic heterocycles. The van der Waals surface area contributed by atoms with Crippen LogP contribution in [0.4, 0.5) is 0 Å². The van der Waals surface area contributed by atoms with Crippen LogP contribution in [-0.2, 0) is 35.7 Å². The molecule has 1 aliphatic rings. The largest absolute Gasteiger partial charge is 0.378 e. The third-order valence-corrected chi connectivity index (χ3v) is 5.33. The minimum Gasteiger partial charge on any atom is -0.378 e. The first-order valence-corrected chi connectivity index (χ1v) is 11.2. The summed E-state index contributed by atoms with van der Waals surface area (Å²) in [5, 5.41) is 0. The zero-order valence-corrected chi connectivity index (χ0v) is 18.5. The summed E-state index contributed by atoms with van der Waals surface area (Å²) in [4.78, 5) is 18.6. The second kappa shape index (κ2) is 12.4. The van der Waals surface area contributed by atoms with Crippen LogP contribution < -0.4 is 0 Å². The van der Waals surface area contributed by atoms with Gasteiger partial charge in [-0.05, 0) is 36.4 Å². The highest BCUT2D eigenvalue weighted by Gasteiger charge is 2.13. The van der Waals surface area contributed by atoms with Gasteiger partial charge in [-0.25, -0.2) is 0 Å². The maximum Gasteiger partial charge on any atom is 0.0701 e. The molecule has 4 rings (SSSR count). The van der Waals surface area contributed by atoms with Gasteiger partial charge in [0.15, 0.2) is 0 Å². The summed E-state index contributed by atoms with van der Waals surface area (Å²) in [6, 6.07) is 18.4. The summed E-state index contributed by atoms with van der Waals surface area (Å²) in [7, 11) is 0. The Balaban J connectivity index is 1.49. The molecule has 32 heavy (non-hydrogen) atoms. The highest BCUT2D eigenvalue weighted by atomic mass is 16.5. The van der Waals surface area contributed by atoms with Crippen LogP contribution in [0.15, 0.2) is 67.0 Å². The van der Waals surface area contributed by atoms with Gasteiger partial charge in [0.25, 0.3) is 0 Å². The summed E-state index contributed by atoms with van der Waals surface area (Å²) < 4.78 is 11.6. The predicted molar refractivity (Wildman–Crippen MR) is 123 cm³/mol. The first-order valence-electron chi connectivity index (χ1n) is 11.2. The molecular weight excluding hydrogens is 402 g/mol. The Morgan fingerprint density at radius 2 is 1.16 bits per heavy atom. The monoisotopic (exact) mass is 433 g/mol. The highest BCUT2D eigenvalue weighted by Crippen LogP contribution is 2.11. The molecule has 2 bridgehead atoms. The quantitative estimate of drug-likeness (QED) is 0.627. The van der Waals surface area contributed by atoms with Crippen molar-refractivity contribution in [2.45, 2.75) is 26.2 Å². The topological polar surface area (TPSA) is 63.6 Å². The van der Waals surface area contributed by atoms with Crippen LogP contribution in [-0.4, -0.2) is 64.3 Å². The maximum absolute atomic E-state index is 5.82. The Hall–Kier alpha value is -2.71. The Labute approximate surface area is 190 Å². The molecular formula is C25H31N5O2. The fourth-order valence-corrected chi connectivity index (χ4v) is 3.74. The highest BCUT2D eigenvalue weighted by molar-refractivity contribution is 5.12. The van der Waals surface area contributed by atoms with Crippen molar-refractivity contribution in [1.82, 2.24) is 24.8 Å². The fraction of sp³-hybridized carbons (Fsp3) is 0.400. The molecule has 0 saturated carbocycles. The molecule has 3 aromatic rings. The second-order valence-corrected chi connectivity index (χ2v) is 7.91. The van der Waals surface area contributed by atoms with E-state index in [-0.39, 0.29) is 0 Å². The first-order chi connectivity index (χ1) is 15.8. The molecule has 0 unspecified atom stereocenters. The van der Waals surface area contributed by atoms with Crippen LogP contribution in [0.25, 0.3) is 0 Å². The van der Waals surface area contributed by atoms with Gasteiger partial charge in [0, 0.05) is 51.7 Å². The Bertz CT molecular complexity index is 853. The van der Waals surface area contributed by atoms with Crippen molar-refractivity contribution in [3.8, 4) is 0 Å². The Kier molecular flexibility index (Phi) is 8.68. The van der Waals surface area contributed by atoms with Crippen molar-refractivity contribution < 1.29 is 9.47 Å². The average Bonchev–Trinajstić information content (AvgIpc) is 2.82. The average molecular weight is 434 g/mol. The molecule has 0 N–H and O–H groups in total. The zero-order chi connectivity index (χ0) is 21.8. The van der Waals surface area contributed by atoms with Crippen LogP contribution in [0.5, 0.6) is 0 Å². The molecule has 7 heteroatoms. The third kappa shape index (κ3) is 7.46. The van der Waals surface area contributed by atoms with E-state index < -0.39 is 0 Å². The van der Waals surface area contributed by atoms with Crippen molar-refractivity contribution in [3.05, 3.63) is 89.8 Å². The van der Waals surface area contributed by atoms with Crippen LogP contribution in [0.2, 0.25) is 0 Å². The molecule has 0 atom stereocenters. The van der Waals surface area contributed by atoms with Gasteiger partial charge in [0.1, 0.15) is 0 Å². The summed E-state index contributed by atoms with van der Waals surface area (Å²) in [6.45, 7) is 7.17. The van der Waals surface area contributed by atoms with E-state index in [1.54, 1.807) is 0 Å². The van der Waals surface area contributed by atoms with Crippen molar-refractivity contribution in [2.75, 3.05) is 39.5 Å². The first kappa shape index (κ1) is 22.5. The molecule has 168 valence electrons. The number of hydrogen-bond acceptors (Lipinski definition) is 7. The van der Waals surface area contributed by atoms with Crippen molar-refractivity contribution in [2.24, 2.45) is 0 Å². The lowest BCUT2D eigenvalue weighted by molar-refractivity contribution is 0.0285. The van der Waals surface area contributed by atoms with Crippen LogP contribution in [0, 0.1) is 0 Å². The van der Waals surface area contributed by atoms with Gasteiger partial charge in [-0.2, -0.15) is 0 Å². The van der Waals surface area contributed by atoms with Gasteiger partial charge in [-0.15, -0.1) is 0 Å². The number of hydrogen-bond donors (Lipinski definition) is 0. The van der Waals surface area contributed by atoms with E-state index in [2.05, 4.69) is 50.1 Å². The van der Waals surface area contributed by atoms with E-state index in [1.807, 2.05) is 36.7 Å². The van der Waals surface area contributed by atoms with E-state index in [0.29, 0.717) is 26.4 Å². The SMILES string of the molecule is c1ccc(CN2CCOCCOCCN(Cc3ccccn3)Cc3cccc(n3)C2)nc1. The summed E-state index contributed by atoms with van der Waals surface area (Å²) in [5.41, 5.74) is 4.21. The number of nitrogens with zero attached hydrogens (tertiary/aromatic N) is 5. The normalized spacial score (nSPS) is 17.4. The lowest BCUT2D eigenvalue weighted by atomic mass is 10.2. The van der Waals surface area contributed by atoms with Crippen LogP contribution in [0.3, 0.4) is 0 Å². The maximum atomic E-state index is 5.82. The molecule has 0 radical (unpaired) electrons. The molecule has 4 heterocycles. The lowest BCUT2D eigenvalue weighted by Gasteiger charge is -2.23. The van der Waals surface area contributed by atoms with E-state index in [4.69, 9.17) is 14.5 Å².